The quantitative estimate of drug-likeness (QED) is 0.851. The number of likely N-dealkylation sites (tertiary alicyclic amines) is 1. The number of piperidine rings is 1. The molecule has 4 heteroatoms. The SMILES string of the molecule is Cc1cc2ncn(CC(=O)N3CCC(C)CC3)c2cc1C. The molecule has 1 aromatic heterocycles. The summed E-state index contributed by atoms with van der Waals surface area (Å²) in [4.78, 5) is 18.9. The Morgan fingerprint density at radius 3 is 2.62 bits per heavy atom. The number of amides is 1. The van der Waals surface area contributed by atoms with Crippen molar-refractivity contribution in [3.8, 4) is 0 Å². The number of rotatable bonds is 2. The number of hydrogen-bond donors (Lipinski definition) is 0. The van der Waals surface area contributed by atoms with Gasteiger partial charge in [0.1, 0.15) is 6.54 Å². The molecule has 4 nitrogen and oxygen atoms in total. The topological polar surface area (TPSA) is 38.1 Å². The van der Waals surface area contributed by atoms with Crippen LogP contribution in [0.15, 0.2) is 18.5 Å². The number of fused-ring (bicyclic) bond motifs is 1. The van der Waals surface area contributed by atoms with Crippen molar-refractivity contribution in [2.24, 2.45) is 5.92 Å². The van der Waals surface area contributed by atoms with Crippen molar-refractivity contribution >= 4 is 16.9 Å². The maximum atomic E-state index is 12.4. The van der Waals surface area contributed by atoms with Crippen molar-refractivity contribution in [3.63, 3.8) is 0 Å². The van der Waals surface area contributed by atoms with Gasteiger partial charge in [0.15, 0.2) is 0 Å². The van der Waals surface area contributed by atoms with Gasteiger partial charge in [0.25, 0.3) is 0 Å². The van der Waals surface area contributed by atoms with E-state index in [0.29, 0.717) is 6.54 Å². The molecule has 1 amide bonds. The molecular weight excluding hydrogens is 262 g/mol. The van der Waals surface area contributed by atoms with Crippen molar-refractivity contribution in [2.75, 3.05) is 13.1 Å². The average Bonchev–Trinajstić information content (AvgIpc) is 2.82. The summed E-state index contributed by atoms with van der Waals surface area (Å²) in [5.41, 5.74) is 4.50. The Balaban J connectivity index is 1.78. The molecule has 0 aliphatic carbocycles. The highest BCUT2D eigenvalue weighted by atomic mass is 16.2. The first-order valence-corrected chi connectivity index (χ1v) is 7.74. The second-order valence-electron chi connectivity index (χ2n) is 6.36. The van der Waals surface area contributed by atoms with Crippen LogP contribution in [-0.2, 0) is 11.3 Å². The number of nitrogens with zero attached hydrogens (tertiary/aromatic N) is 3. The van der Waals surface area contributed by atoms with Crippen molar-refractivity contribution in [3.05, 3.63) is 29.6 Å². The Labute approximate surface area is 125 Å². The lowest BCUT2D eigenvalue weighted by molar-refractivity contribution is -0.133. The largest absolute Gasteiger partial charge is 0.341 e. The molecular formula is C17H23N3O. The maximum absolute atomic E-state index is 12.4. The summed E-state index contributed by atoms with van der Waals surface area (Å²) in [6, 6.07) is 4.22. The molecule has 0 bridgehead atoms. The number of carbonyl (C=O) groups excluding carboxylic acids is 1. The molecule has 1 aliphatic heterocycles. The molecule has 3 rings (SSSR count). The van der Waals surface area contributed by atoms with Crippen LogP contribution in [0.4, 0.5) is 0 Å². The smallest absolute Gasteiger partial charge is 0.242 e. The first-order chi connectivity index (χ1) is 10.0. The van der Waals surface area contributed by atoms with E-state index in [-0.39, 0.29) is 5.91 Å². The van der Waals surface area contributed by atoms with Gasteiger partial charge < -0.3 is 9.47 Å². The molecule has 0 atom stereocenters. The average molecular weight is 285 g/mol. The Morgan fingerprint density at radius 1 is 1.24 bits per heavy atom. The van der Waals surface area contributed by atoms with Crippen LogP contribution < -0.4 is 0 Å². The van der Waals surface area contributed by atoms with Gasteiger partial charge in [0.2, 0.25) is 5.91 Å². The number of imidazole rings is 1. The summed E-state index contributed by atoms with van der Waals surface area (Å²) in [6.45, 7) is 8.63. The molecule has 112 valence electrons. The molecule has 1 aromatic carbocycles. The van der Waals surface area contributed by atoms with Gasteiger partial charge in [0, 0.05) is 13.1 Å². The van der Waals surface area contributed by atoms with Gasteiger partial charge in [-0.15, -0.1) is 0 Å². The van der Waals surface area contributed by atoms with E-state index in [1.165, 1.54) is 11.1 Å². The van der Waals surface area contributed by atoms with Crippen molar-refractivity contribution in [2.45, 2.75) is 40.2 Å². The molecule has 0 spiro atoms. The Bertz CT molecular complexity index is 666. The number of benzene rings is 1. The molecule has 21 heavy (non-hydrogen) atoms. The summed E-state index contributed by atoms with van der Waals surface area (Å²) in [5.74, 6) is 0.952. The highest BCUT2D eigenvalue weighted by Crippen LogP contribution is 2.20. The van der Waals surface area contributed by atoms with E-state index in [2.05, 4.69) is 37.9 Å². The number of carbonyl (C=O) groups is 1. The Hall–Kier alpha value is -1.84. The van der Waals surface area contributed by atoms with Crippen LogP contribution in [-0.4, -0.2) is 33.4 Å². The van der Waals surface area contributed by atoms with Crippen molar-refractivity contribution in [1.82, 2.24) is 14.5 Å². The highest BCUT2D eigenvalue weighted by molar-refractivity contribution is 5.81. The van der Waals surface area contributed by atoms with E-state index in [9.17, 15) is 4.79 Å². The van der Waals surface area contributed by atoms with Crippen molar-refractivity contribution < 1.29 is 4.79 Å². The van der Waals surface area contributed by atoms with Crippen LogP contribution in [0.25, 0.3) is 11.0 Å². The Morgan fingerprint density at radius 2 is 1.90 bits per heavy atom. The first kappa shape index (κ1) is 14.1. The predicted octanol–water partition coefficient (Wildman–Crippen LogP) is 2.91. The van der Waals surface area contributed by atoms with Gasteiger partial charge in [-0.3, -0.25) is 4.79 Å². The van der Waals surface area contributed by atoms with Gasteiger partial charge in [-0.05, 0) is 55.9 Å². The summed E-state index contributed by atoms with van der Waals surface area (Å²) in [7, 11) is 0. The predicted molar refractivity (Wildman–Crippen MR) is 84.2 cm³/mol. The molecule has 2 heterocycles. The lowest BCUT2D eigenvalue weighted by atomic mass is 9.99. The van der Waals surface area contributed by atoms with E-state index < -0.39 is 0 Å². The molecule has 2 aromatic rings. The Kier molecular flexibility index (Phi) is 3.70. The zero-order valence-electron chi connectivity index (χ0n) is 13.1. The van der Waals surface area contributed by atoms with Crippen LogP contribution >= 0.6 is 0 Å². The number of aromatic nitrogens is 2. The second kappa shape index (κ2) is 5.51. The third-order valence-corrected chi connectivity index (χ3v) is 4.68. The monoisotopic (exact) mass is 285 g/mol. The van der Waals surface area contributed by atoms with Gasteiger partial charge in [-0.1, -0.05) is 6.92 Å². The third-order valence-electron chi connectivity index (χ3n) is 4.68. The van der Waals surface area contributed by atoms with E-state index in [1.807, 2.05) is 9.47 Å². The van der Waals surface area contributed by atoms with Gasteiger partial charge in [-0.2, -0.15) is 0 Å². The molecule has 0 N–H and O–H groups in total. The minimum atomic E-state index is 0.208. The number of aryl methyl sites for hydroxylation is 2. The lowest BCUT2D eigenvalue weighted by Gasteiger charge is -2.30. The van der Waals surface area contributed by atoms with E-state index in [1.54, 1.807) is 6.33 Å². The fourth-order valence-corrected chi connectivity index (χ4v) is 2.94. The second-order valence-corrected chi connectivity index (χ2v) is 6.36. The standard InChI is InChI=1S/C17H23N3O/c1-12-4-6-19(7-5-12)17(21)10-20-11-18-15-8-13(2)14(3)9-16(15)20/h8-9,11-12H,4-7,10H2,1-3H3. The van der Waals surface area contributed by atoms with Gasteiger partial charge >= 0.3 is 0 Å². The van der Waals surface area contributed by atoms with Crippen LogP contribution in [0.1, 0.15) is 30.9 Å². The van der Waals surface area contributed by atoms with E-state index in [4.69, 9.17) is 0 Å². The molecule has 1 fully saturated rings. The first-order valence-electron chi connectivity index (χ1n) is 7.74. The van der Waals surface area contributed by atoms with Crippen molar-refractivity contribution in [1.29, 1.82) is 0 Å². The molecule has 1 aliphatic rings. The normalized spacial score (nSPS) is 16.6. The molecule has 0 radical (unpaired) electrons. The fraction of sp³-hybridized carbons (Fsp3) is 0.529. The van der Waals surface area contributed by atoms with Gasteiger partial charge in [0.05, 0.1) is 17.4 Å². The highest BCUT2D eigenvalue weighted by Gasteiger charge is 2.20. The lowest BCUT2D eigenvalue weighted by Crippen LogP contribution is -2.39. The summed E-state index contributed by atoms with van der Waals surface area (Å²) < 4.78 is 1.97. The van der Waals surface area contributed by atoms with E-state index in [0.717, 1.165) is 42.9 Å². The maximum Gasteiger partial charge on any atom is 0.242 e. The van der Waals surface area contributed by atoms with Crippen LogP contribution in [0.3, 0.4) is 0 Å². The number of hydrogen-bond acceptors (Lipinski definition) is 2. The minimum absolute atomic E-state index is 0.208. The third kappa shape index (κ3) is 2.80. The minimum Gasteiger partial charge on any atom is -0.341 e. The zero-order chi connectivity index (χ0) is 15.0. The van der Waals surface area contributed by atoms with Crippen LogP contribution in [0.5, 0.6) is 0 Å². The summed E-state index contributed by atoms with van der Waals surface area (Å²) in [5, 5.41) is 0. The van der Waals surface area contributed by atoms with Crippen LogP contribution in [0, 0.1) is 19.8 Å². The summed E-state index contributed by atoms with van der Waals surface area (Å²) in [6.07, 6.45) is 4.03. The van der Waals surface area contributed by atoms with E-state index >= 15 is 0 Å². The van der Waals surface area contributed by atoms with Gasteiger partial charge in [-0.25, -0.2) is 4.98 Å². The molecule has 1 saturated heterocycles. The molecule has 0 saturated carbocycles. The summed E-state index contributed by atoms with van der Waals surface area (Å²) >= 11 is 0. The fourth-order valence-electron chi connectivity index (χ4n) is 2.94. The van der Waals surface area contributed by atoms with Crippen LogP contribution in [0.2, 0.25) is 0 Å². The zero-order valence-corrected chi connectivity index (χ0v) is 13.1. The molecule has 0 unspecified atom stereocenters.